The van der Waals surface area contributed by atoms with Crippen LogP contribution < -0.4 is 15.0 Å². The van der Waals surface area contributed by atoms with Crippen molar-refractivity contribution in [1.29, 1.82) is 5.26 Å². The number of nitrogens with two attached hydrogens (primary N) is 1. The third-order valence-electron chi connectivity index (χ3n) is 5.74. The molecule has 0 radical (unpaired) electrons. The number of carbonyl (C=O) groups is 1. The molecule has 2 N–H and O–H groups in total. The van der Waals surface area contributed by atoms with E-state index >= 15 is 0 Å². The molecule has 0 spiro atoms. The number of hydrogen-bond donors (Lipinski definition) is 1. The van der Waals surface area contributed by atoms with Gasteiger partial charge in [0.15, 0.2) is 5.75 Å². The topological polar surface area (TPSA) is 83.2 Å². The summed E-state index contributed by atoms with van der Waals surface area (Å²) in [5.41, 5.74) is 8.22. The van der Waals surface area contributed by atoms with E-state index in [1.54, 1.807) is 6.07 Å². The zero-order chi connectivity index (χ0) is 21.0. The number of nitriles is 1. The highest BCUT2D eigenvalue weighted by Gasteiger charge is 2.35. The molecule has 1 amide bonds. The van der Waals surface area contributed by atoms with Gasteiger partial charge >= 0.3 is 6.19 Å². The molecular formula is C21H17Cl2N4O2S+. The molecule has 2 aliphatic rings. The number of aromatic nitrogens is 1. The van der Waals surface area contributed by atoms with Crippen molar-refractivity contribution in [2.24, 2.45) is 0 Å². The van der Waals surface area contributed by atoms with Crippen molar-refractivity contribution in [2.45, 2.75) is 25.3 Å². The van der Waals surface area contributed by atoms with Crippen LogP contribution in [-0.2, 0) is 0 Å². The predicted molar refractivity (Wildman–Crippen MR) is 117 cm³/mol. The third-order valence-corrected chi connectivity index (χ3v) is 7.34. The maximum absolute atomic E-state index is 13.2. The summed E-state index contributed by atoms with van der Waals surface area (Å²) in [7, 11) is 0. The molecule has 5 rings (SSSR count). The Morgan fingerprint density at radius 1 is 1.30 bits per heavy atom. The molecule has 6 nitrogen and oxygen atoms in total. The molecule has 9 heteroatoms. The highest BCUT2D eigenvalue weighted by Crippen LogP contribution is 2.46. The van der Waals surface area contributed by atoms with Crippen LogP contribution in [0.5, 0.6) is 5.75 Å². The lowest BCUT2D eigenvalue weighted by Crippen LogP contribution is -2.45. The summed E-state index contributed by atoms with van der Waals surface area (Å²) in [6.07, 6.45) is 5.07. The van der Waals surface area contributed by atoms with E-state index in [1.165, 1.54) is 15.9 Å². The van der Waals surface area contributed by atoms with Crippen molar-refractivity contribution in [2.75, 3.05) is 18.9 Å². The smallest absolute Gasteiger partial charge is 0.376 e. The van der Waals surface area contributed by atoms with Crippen molar-refractivity contribution in [3.05, 3.63) is 39.9 Å². The van der Waals surface area contributed by atoms with Crippen LogP contribution in [0.25, 0.3) is 21.3 Å². The number of amides is 1. The van der Waals surface area contributed by atoms with Crippen LogP contribution in [-0.4, -0.2) is 30.0 Å². The minimum absolute atomic E-state index is 0.0396. The monoisotopic (exact) mass is 459 g/mol. The quantitative estimate of drug-likeness (QED) is 0.544. The first-order chi connectivity index (χ1) is 14.5. The van der Waals surface area contributed by atoms with E-state index in [0.717, 1.165) is 24.0 Å². The van der Waals surface area contributed by atoms with Gasteiger partial charge < -0.3 is 15.4 Å². The van der Waals surface area contributed by atoms with Crippen molar-refractivity contribution >= 4 is 55.8 Å². The molecule has 1 atom stereocenters. The second kappa shape index (κ2) is 7.31. The summed E-state index contributed by atoms with van der Waals surface area (Å²) in [4.78, 5) is 15.1. The summed E-state index contributed by atoms with van der Waals surface area (Å²) in [6, 6.07) is 7.25. The molecule has 152 valence electrons. The van der Waals surface area contributed by atoms with E-state index in [2.05, 4.69) is 6.19 Å². The molecule has 2 aliphatic heterocycles. The average Bonchev–Trinajstić information content (AvgIpc) is 3.00. The third kappa shape index (κ3) is 2.83. The van der Waals surface area contributed by atoms with Gasteiger partial charge in [0.05, 0.1) is 26.4 Å². The lowest BCUT2D eigenvalue weighted by molar-refractivity contribution is -0.536. The van der Waals surface area contributed by atoms with E-state index in [-0.39, 0.29) is 17.0 Å². The van der Waals surface area contributed by atoms with Crippen LogP contribution >= 0.6 is 34.5 Å². The molecule has 3 aromatic rings. The highest BCUT2D eigenvalue weighted by molar-refractivity contribution is 7.21. The molecule has 0 saturated carbocycles. The number of carbonyl (C=O) groups excluding carboxylic acids is 1. The van der Waals surface area contributed by atoms with E-state index in [9.17, 15) is 10.1 Å². The van der Waals surface area contributed by atoms with Gasteiger partial charge in [0.1, 0.15) is 12.1 Å². The largest absolute Gasteiger partial charge is 0.489 e. The van der Waals surface area contributed by atoms with Gasteiger partial charge in [-0.05, 0) is 31.4 Å². The number of halogens is 2. The molecule has 1 saturated heterocycles. The Kier molecular flexibility index (Phi) is 4.73. The van der Waals surface area contributed by atoms with Crippen LogP contribution in [0.15, 0.2) is 24.3 Å². The molecular weight excluding hydrogens is 443 g/mol. The molecule has 0 unspecified atom stereocenters. The second-order valence-electron chi connectivity index (χ2n) is 7.41. The first-order valence-corrected chi connectivity index (χ1v) is 11.2. The first-order valence-electron chi connectivity index (χ1n) is 9.60. The fourth-order valence-corrected chi connectivity index (χ4v) is 5.94. The molecule has 1 fully saturated rings. The van der Waals surface area contributed by atoms with E-state index in [4.69, 9.17) is 33.7 Å². The van der Waals surface area contributed by atoms with Crippen molar-refractivity contribution < 1.29 is 14.1 Å². The average molecular weight is 460 g/mol. The van der Waals surface area contributed by atoms with Gasteiger partial charge in [-0.2, -0.15) is 0 Å². The molecule has 2 aromatic carbocycles. The Morgan fingerprint density at radius 2 is 2.13 bits per heavy atom. The fraction of sp³-hybridized carbons (Fsp3) is 0.286. The highest BCUT2D eigenvalue weighted by atomic mass is 35.5. The summed E-state index contributed by atoms with van der Waals surface area (Å²) in [5.74, 6) is 0.242. The van der Waals surface area contributed by atoms with Crippen LogP contribution in [0.2, 0.25) is 10.0 Å². The van der Waals surface area contributed by atoms with Gasteiger partial charge in [0.2, 0.25) is 0 Å². The number of benzene rings is 2. The van der Waals surface area contributed by atoms with Crippen LogP contribution in [0.3, 0.4) is 0 Å². The second-order valence-corrected chi connectivity index (χ2v) is 9.26. The zero-order valence-corrected chi connectivity index (χ0v) is 18.2. The van der Waals surface area contributed by atoms with Gasteiger partial charge in [-0.15, -0.1) is 4.57 Å². The van der Waals surface area contributed by atoms with E-state index in [1.807, 2.05) is 23.1 Å². The Hall–Kier alpha value is -2.53. The summed E-state index contributed by atoms with van der Waals surface area (Å²) in [6.45, 7) is 1.10. The maximum atomic E-state index is 13.2. The van der Waals surface area contributed by atoms with Gasteiger partial charge in [-0.3, -0.25) is 4.79 Å². The Labute approximate surface area is 187 Å². The Bertz CT molecular complexity index is 1250. The van der Waals surface area contributed by atoms with Crippen LogP contribution in [0.1, 0.15) is 29.6 Å². The summed E-state index contributed by atoms with van der Waals surface area (Å²) in [5, 5.41) is 10.6. The fourth-order valence-electron chi connectivity index (χ4n) is 4.33. The molecule has 3 heterocycles. The lowest BCUT2D eigenvalue weighted by atomic mass is 9.99. The van der Waals surface area contributed by atoms with Crippen molar-refractivity contribution in [3.8, 4) is 23.1 Å². The van der Waals surface area contributed by atoms with Gasteiger partial charge in [-0.25, -0.2) is 0 Å². The number of para-hydroxylation sites is 1. The van der Waals surface area contributed by atoms with E-state index in [0.29, 0.717) is 51.3 Å². The zero-order valence-electron chi connectivity index (χ0n) is 15.8. The molecule has 0 aliphatic carbocycles. The molecule has 30 heavy (non-hydrogen) atoms. The Morgan fingerprint density at radius 3 is 2.93 bits per heavy atom. The lowest BCUT2D eigenvalue weighted by Gasteiger charge is -2.33. The number of hydrogen-bond acceptors (Lipinski definition) is 5. The maximum Gasteiger partial charge on any atom is 0.376 e. The minimum atomic E-state index is -0.104. The normalized spacial score (nSPS) is 18.4. The number of fused-ring (bicyclic) bond motifs is 3. The number of piperidine rings is 1. The van der Waals surface area contributed by atoms with Gasteiger partial charge in [-0.1, -0.05) is 46.7 Å². The molecule has 1 aromatic heterocycles. The van der Waals surface area contributed by atoms with Gasteiger partial charge in [0, 0.05) is 22.9 Å². The number of rotatable bonds is 1. The first kappa shape index (κ1) is 19.4. The molecule has 0 bridgehead atoms. The number of ether oxygens (including phenoxy) is 1. The Balaban J connectivity index is 1.74. The van der Waals surface area contributed by atoms with Crippen molar-refractivity contribution in [3.63, 3.8) is 0 Å². The summed E-state index contributed by atoms with van der Waals surface area (Å²) < 4.78 is 8.26. The van der Waals surface area contributed by atoms with E-state index < -0.39 is 0 Å². The summed E-state index contributed by atoms with van der Waals surface area (Å²) >= 11 is 14.8. The minimum Gasteiger partial charge on any atom is -0.489 e. The van der Waals surface area contributed by atoms with Crippen LogP contribution in [0.4, 0.5) is 5.13 Å². The van der Waals surface area contributed by atoms with Gasteiger partial charge in [0.25, 0.3) is 11.0 Å². The number of thiazole rings is 1. The standard InChI is InChI=1S/C21H16Cl2N4O2S/c22-14-8-13-19(29-9-11-4-1-2-7-26(11)20(13)28)17(23)16(14)12-5-3-6-15-18(12)27(10-24)21(25)30-15/h3,5-6,8,11,25H,1-2,4,7,9H2/p+1/t11-/m1/s1. The SMILES string of the molecule is N#C[n+]1c(N)sc2cccc(-c3c(Cl)cc4c(c3Cl)OC[C@H]3CCCCN3C4=O)c21. The number of nitrogen functional groups attached to an aromatic ring is 1. The van der Waals surface area contributed by atoms with Crippen LogP contribution in [0, 0.1) is 11.5 Å². The predicted octanol–water partition coefficient (Wildman–Crippen LogP) is 4.46. The number of nitrogens with zero attached hydrogens (tertiary/aromatic N) is 3. The number of anilines is 1. The van der Waals surface area contributed by atoms with Crippen molar-refractivity contribution in [1.82, 2.24) is 4.90 Å².